The summed E-state index contributed by atoms with van der Waals surface area (Å²) in [7, 11) is 1.29. The Labute approximate surface area is 166 Å². The molecule has 142 valence electrons. The molecule has 0 atom stereocenters. The summed E-state index contributed by atoms with van der Waals surface area (Å²) < 4.78 is 4.67. The molecule has 0 saturated carbocycles. The Bertz CT molecular complexity index is 1020. The summed E-state index contributed by atoms with van der Waals surface area (Å²) in [5.41, 5.74) is 2.66. The van der Waals surface area contributed by atoms with Crippen LogP contribution in [0.15, 0.2) is 54.9 Å². The zero-order valence-corrected chi connectivity index (χ0v) is 15.9. The van der Waals surface area contributed by atoms with Gasteiger partial charge in [0.2, 0.25) is 0 Å². The Hall–Kier alpha value is -3.45. The lowest BCUT2D eigenvalue weighted by Gasteiger charge is -2.08. The van der Waals surface area contributed by atoms with Crippen LogP contribution in [0, 0.1) is 6.92 Å². The smallest absolute Gasteiger partial charge is 0.337 e. The van der Waals surface area contributed by atoms with Gasteiger partial charge in [-0.05, 0) is 42.8 Å². The lowest BCUT2D eigenvalue weighted by Crippen LogP contribution is -2.14. The number of aryl methyl sites for hydroxylation is 1. The van der Waals surface area contributed by atoms with Crippen molar-refractivity contribution in [3.05, 3.63) is 76.7 Å². The highest BCUT2D eigenvalue weighted by Gasteiger charge is 2.11. The number of aromatic nitrogens is 2. The monoisotopic (exact) mass is 396 g/mol. The zero-order valence-electron chi connectivity index (χ0n) is 15.2. The maximum absolute atomic E-state index is 12.3. The fourth-order valence-electron chi connectivity index (χ4n) is 2.37. The van der Waals surface area contributed by atoms with E-state index in [2.05, 4.69) is 25.3 Å². The normalized spacial score (nSPS) is 10.2. The molecule has 0 aliphatic rings. The van der Waals surface area contributed by atoms with Crippen LogP contribution < -0.4 is 10.6 Å². The highest BCUT2D eigenvalue weighted by molar-refractivity contribution is 6.31. The largest absolute Gasteiger partial charge is 0.465 e. The van der Waals surface area contributed by atoms with Gasteiger partial charge in [0.1, 0.15) is 11.5 Å². The van der Waals surface area contributed by atoms with Gasteiger partial charge in [-0.1, -0.05) is 23.7 Å². The van der Waals surface area contributed by atoms with Crippen LogP contribution in [0.25, 0.3) is 0 Å². The second-order valence-electron chi connectivity index (χ2n) is 5.90. The van der Waals surface area contributed by atoms with Crippen molar-refractivity contribution in [1.29, 1.82) is 0 Å². The molecule has 0 unspecified atom stereocenters. The van der Waals surface area contributed by atoms with Crippen molar-refractivity contribution < 1.29 is 14.3 Å². The third-order valence-corrected chi connectivity index (χ3v) is 4.28. The van der Waals surface area contributed by atoms with Gasteiger partial charge in [0, 0.05) is 16.4 Å². The number of anilines is 3. The maximum atomic E-state index is 12.3. The van der Waals surface area contributed by atoms with Crippen LogP contribution >= 0.6 is 11.6 Å². The van der Waals surface area contributed by atoms with Gasteiger partial charge in [-0.2, -0.15) is 0 Å². The summed E-state index contributed by atoms with van der Waals surface area (Å²) >= 11 is 6.11. The number of benzene rings is 2. The Balaban J connectivity index is 1.68. The Morgan fingerprint density at radius 1 is 1.04 bits per heavy atom. The number of hydrogen-bond acceptors (Lipinski definition) is 6. The molecule has 0 bridgehead atoms. The van der Waals surface area contributed by atoms with E-state index in [4.69, 9.17) is 11.6 Å². The van der Waals surface area contributed by atoms with Crippen molar-refractivity contribution >= 4 is 40.7 Å². The van der Waals surface area contributed by atoms with Gasteiger partial charge in [-0.3, -0.25) is 4.79 Å². The fourth-order valence-corrected chi connectivity index (χ4v) is 2.55. The first-order valence-corrected chi connectivity index (χ1v) is 8.69. The molecule has 0 fully saturated rings. The quantitative estimate of drug-likeness (QED) is 0.627. The second-order valence-corrected chi connectivity index (χ2v) is 6.31. The number of esters is 1. The predicted octanol–water partition coefficient (Wildman–Crippen LogP) is 4.22. The second kappa shape index (κ2) is 8.49. The van der Waals surface area contributed by atoms with E-state index >= 15 is 0 Å². The number of hydrogen-bond donors (Lipinski definition) is 2. The number of amides is 1. The van der Waals surface area contributed by atoms with Gasteiger partial charge in [0.05, 0.1) is 25.1 Å². The lowest BCUT2D eigenvalue weighted by molar-refractivity contribution is 0.0600. The van der Waals surface area contributed by atoms with E-state index in [0.29, 0.717) is 22.1 Å². The Morgan fingerprint density at radius 2 is 1.86 bits per heavy atom. The van der Waals surface area contributed by atoms with Crippen molar-refractivity contribution in [1.82, 2.24) is 9.97 Å². The first kappa shape index (κ1) is 19.3. The van der Waals surface area contributed by atoms with Gasteiger partial charge in [0.25, 0.3) is 5.91 Å². The van der Waals surface area contributed by atoms with Crippen LogP contribution in [-0.4, -0.2) is 29.0 Å². The van der Waals surface area contributed by atoms with Crippen LogP contribution in [0.5, 0.6) is 0 Å². The molecule has 0 spiro atoms. The number of ether oxygens (including phenoxy) is 1. The summed E-state index contributed by atoms with van der Waals surface area (Å²) in [6.45, 7) is 1.92. The summed E-state index contributed by atoms with van der Waals surface area (Å²) in [5.74, 6) is -0.453. The van der Waals surface area contributed by atoms with Crippen LogP contribution in [0.4, 0.5) is 17.2 Å². The van der Waals surface area contributed by atoms with Gasteiger partial charge >= 0.3 is 5.97 Å². The van der Waals surface area contributed by atoms with Gasteiger partial charge in [-0.15, -0.1) is 0 Å². The first-order valence-electron chi connectivity index (χ1n) is 8.31. The van der Waals surface area contributed by atoms with Gasteiger partial charge < -0.3 is 15.4 Å². The Morgan fingerprint density at radius 3 is 2.54 bits per heavy atom. The van der Waals surface area contributed by atoms with Crippen LogP contribution in [-0.2, 0) is 4.74 Å². The molecular weight excluding hydrogens is 380 g/mol. The molecule has 3 aromatic rings. The number of methoxy groups -OCH3 is 1. The van der Waals surface area contributed by atoms with Crippen molar-refractivity contribution in [2.24, 2.45) is 0 Å². The van der Waals surface area contributed by atoms with Gasteiger partial charge in [0.15, 0.2) is 0 Å². The van der Waals surface area contributed by atoms with E-state index in [9.17, 15) is 9.59 Å². The minimum Gasteiger partial charge on any atom is -0.465 e. The number of halogens is 1. The van der Waals surface area contributed by atoms with Crippen molar-refractivity contribution in [2.75, 3.05) is 17.7 Å². The van der Waals surface area contributed by atoms with E-state index in [1.54, 1.807) is 24.3 Å². The fraction of sp³-hybridized carbons (Fsp3) is 0.100. The topological polar surface area (TPSA) is 93.2 Å². The van der Waals surface area contributed by atoms with Gasteiger partial charge in [-0.25, -0.2) is 14.8 Å². The molecule has 3 rings (SSSR count). The van der Waals surface area contributed by atoms with Crippen molar-refractivity contribution in [3.63, 3.8) is 0 Å². The molecule has 0 radical (unpaired) electrons. The maximum Gasteiger partial charge on any atom is 0.337 e. The molecule has 8 heteroatoms. The molecule has 0 saturated heterocycles. The standard InChI is InChI=1S/C20H17ClN4O3/c1-12-6-7-15(9-16(12)21)24-18-11-22-17(10-23-18)19(26)25-14-5-3-4-13(8-14)20(27)28-2/h3-11H,1-2H3,(H,23,24)(H,25,26). The van der Waals surface area contributed by atoms with E-state index in [0.717, 1.165) is 11.3 Å². The molecule has 1 amide bonds. The Kier molecular flexibility index (Phi) is 5.86. The van der Waals surface area contributed by atoms with E-state index in [1.807, 2.05) is 19.1 Å². The summed E-state index contributed by atoms with van der Waals surface area (Å²) in [4.78, 5) is 32.2. The average Bonchev–Trinajstić information content (AvgIpc) is 2.71. The minimum atomic E-state index is -0.484. The molecule has 28 heavy (non-hydrogen) atoms. The molecule has 1 aromatic heterocycles. The molecule has 7 nitrogen and oxygen atoms in total. The molecule has 2 aromatic carbocycles. The zero-order chi connectivity index (χ0) is 20.1. The number of carbonyl (C=O) groups is 2. The molecule has 1 heterocycles. The van der Waals surface area contributed by atoms with E-state index in [-0.39, 0.29) is 5.69 Å². The number of nitrogens with one attached hydrogen (secondary N) is 2. The molecular formula is C20H17ClN4O3. The molecule has 0 aliphatic heterocycles. The summed E-state index contributed by atoms with van der Waals surface area (Å²) in [6, 6.07) is 12.0. The van der Waals surface area contributed by atoms with Crippen LogP contribution in [0.1, 0.15) is 26.4 Å². The average molecular weight is 397 g/mol. The highest BCUT2D eigenvalue weighted by atomic mass is 35.5. The van der Waals surface area contributed by atoms with Crippen molar-refractivity contribution in [2.45, 2.75) is 6.92 Å². The van der Waals surface area contributed by atoms with Crippen molar-refractivity contribution in [3.8, 4) is 0 Å². The third-order valence-electron chi connectivity index (χ3n) is 3.87. The van der Waals surface area contributed by atoms with Crippen LogP contribution in [0.2, 0.25) is 5.02 Å². The number of carbonyl (C=O) groups excluding carboxylic acids is 2. The molecule has 0 aliphatic carbocycles. The lowest BCUT2D eigenvalue weighted by atomic mass is 10.2. The first-order chi connectivity index (χ1) is 13.5. The minimum absolute atomic E-state index is 0.135. The SMILES string of the molecule is COC(=O)c1cccc(NC(=O)c2cnc(Nc3ccc(C)c(Cl)c3)cn2)c1. The summed E-state index contributed by atoms with van der Waals surface area (Å²) in [5, 5.41) is 6.39. The molecule has 2 N–H and O–H groups in total. The number of rotatable bonds is 5. The van der Waals surface area contributed by atoms with Crippen LogP contribution in [0.3, 0.4) is 0 Å². The predicted molar refractivity (Wildman–Crippen MR) is 107 cm³/mol. The number of nitrogens with zero attached hydrogens (tertiary/aromatic N) is 2. The highest BCUT2D eigenvalue weighted by Crippen LogP contribution is 2.22. The van der Waals surface area contributed by atoms with E-state index in [1.165, 1.54) is 25.6 Å². The summed E-state index contributed by atoms with van der Waals surface area (Å²) in [6.07, 6.45) is 2.81. The third kappa shape index (κ3) is 4.63. The van der Waals surface area contributed by atoms with E-state index < -0.39 is 11.9 Å².